The highest BCUT2D eigenvalue weighted by molar-refractivity contribution is 8.26. The molecule has 0 N–H and O–H groups in total. The van der Waals surface area contributed by atoms with Crippen LogP contribution in [0.3, 0.4) is 0 Å². The Morgan fingerprint density at radius 1 is 0.232 bits per heavy atom. The number of hydrogen-bond donors (Lipinski definition) is 0. The number of rotatable bonds is 10. The number of fused-ring (bicyclic) bond motifs is 6. The van der Waals surface area contributed by atoms with E-state index in [1.54, 1.807) is 0 Å². The first-order chi connectivity index (χ1) is 40.2. The fourth-order valence-electron chi connectivity index (χ4n) is 11.0. The lowest BCUT2D eigenvalue weighted by molar-refractivity contribution is 1.33. The number of benzene rings is 10. The molecule has 8 heteroatoms. The molecule has 4 nitrogen and oxygen atoms in total. The maximum absolute atomic E-state index is 6.54. The first-order valence-corrected chi connectivity index (χ1v) is 33.0. The van der Waals surface area contributed by atoms with E-state index in [0.29, 0.717) is 0 Å². The van der Waals surface area contributed by atoms with Gasteiger partial charge in [-0.2, -0.15) is 0 Å². The fraction of sp³-hybridized carbons (Fsp3) is 0.0270. The van der Waals surface area contributed by atoms with E-state index in [1.807, 2.05) is 48.5 Å². The third kappa shape index (κ3) is 9.89. The quantitative estimate of drug-likeness (QED) is 0.100. The monoisotopic (exact) mass is 1120 g/mol. The number of nitrogens with zero attached hydrogens (tertiary/aromatic N) is 4. The van der Waals surface area contributed by atoms with Gasteiger partial charge in [0.05, 0.1) is 44.8 Å². The third-order valence-electron chi connectivity index (χ3n) is 15.6. The highest BCUT2D eigenvalue weighted by Crippen LogP contribution is 2.45. The van der Waals surface area contributed by atoms with Crippen LogP contribution < -0.4 is 31.8 Å². The highest BCUT2D eigenvalue weighted by atomic mass is 32.4. The standard InChI is InChI=1S/C38H29N2PS.C36H25N2PS/c1-26-27(2)34-23-25-36(40-38(34)37-33(26)22-24-35(39-37)28-12-6-3-7-13-28)29-18-20-32(21-19-29)41(42,30-14-8-4-9-15-30)31-16-10-5-11-17-31;40-39(30-12-6-2-7-13-30,31-14-8-3-9-15-31)32-22-18-27(19-23-32)34-25-21-29-17-16-28-20-24-33(26-10-4-1-5-11-26)37-35(28)36(29)38-34/h3-25H,1-2H3;1-25H. The van der Waals surface area contributed by atoms with E-state index in [4.69, 9.17) is 43.5 Å². The SMILES string of the molecule is Cc1c(C)c2ccc(-c3ccc(P(=S)(c4ccccc4)c4ccccc4)cc3)nc2c2nc(-c3ccccc3)ccc12.S=P(c1ccccc1)(c1ccccc1)c1ccc(-c2ccc3ccc4ccc(-c5ccccc5)nc4c3n2)cc1. The zero-order valence-corrected chi connectivity index (χ0v) is 48.6. The maximum atomic E-state index is 6.54. The summed E-state index contributed by atoms with van der Waals surface area (Å²) in [5, 5.41) is 11.6. The summed E-state index contributed by atoms with van der Waals surface area (Å²) in [7, 11) is 0. The molecule has 82 heavy (non-hydrogen) atoms. The predicted molar refractivity (Wildman–Crippen MR) is 357 cm³/mol. The summed E-state index contributed by atoms with van der Waals surface area (Å²) >= 11 is 13.1. The van der Waals surface area contributed by atoms with Crippen molar-refractivity contribution in [2.45, 2.75) is 13.8 Å². The van der Waals surface area contributed by atoms with Crippen molar-refractivity contribution < 1.29 is 0 Å². The van der Waals surface area contributed by atoms with Crippen LogP contribution in [0.15, 0.2) is 291 Å². The summed E-state index contributed by atoms with van der Waals surface area (Å²) in [5.74, 6) is 0. The van der Waals surface area contributed by atoms with Crippen LogP contribution in [-0.2, 0) is 23.6 Å². The Morgan fingerprint density at radius 3 is 0.768 bits per heavy atom. The van der Waals surface area contributed by atoms with Gasteiger partial charge in [0.25, 0.3) is 0 Å². The number of aryl methyl sites for hydroxylation is 2. The lowest BCUT2D eigenvalue weighted by Crippen LogP contribution is -2.24. The topological polar surface area (TPSA) is 51.6 Å². The van der Waals surface area contributed by atoms with Gasteiger partial charge in [-0.3, -0.25) is 0 Å². The van der Waals surface area contributed by atoms with Gasteiger partial charge >= 0.3 is 0 Å². The normalized spacial score (nSPS) is 11.6. The average molecular weight is 1130 g/mol. The minimum atomic E-state index is -2.20. The van der Waals surface area contributed by atoms with Crippen LogP contribution in [0.1, 0.15) is 11.1 Å². The van der Waals surface area contributed by atoms with Crippen LogP contribution in [0.2, 0.25) is 0 Å². The Bertz CT molecular complexity index is 4640. The molecule has 14 aromatic rings. The van der Waals surface area contributed by atoms with Gasteiger partial charge in [0, 0.05) is 55.9 Å². The first kappa shape index (κ1) is 52.5. The molecule has 4 heterocycles. The molecule has 4 aromatic heterocycles. The van der Waals surface area contributed by atoms with E-state index in [-0.39, 0.29) is 0 Å². The minimum Gasteiger partial charge on any atom is -0.245 e. The zero-order chi connectivity index (χ0) is 55.6. The van der Waals surface area contributed by atoms with Crippen LogP contribution in [-0.4, -0.2) is 19.9 Å². The largest absolute Gasteiger partial charge is 0.245 e. The molecule has 0 bridgehead atoms. The van der Waals surface area contributed by atoms with Crippen molar-refractivity contribution in [2.24, 2.45) is 0 Å². The maximum Gasteiger partial charge on any atom is 0.0975 e. The van der Waals surface area contributed by atoms with Crippen molar-refractivity contribution >= 4 is 111 Å². The van der Waals surface area contributed by atoms with Crippen LogP contribution in [0, 0.1) is 13.8 Å². The third-order valence-corrected chi connectivity index (χ3v) is 25.5. The van der Waals surface area contributed by atoms with Crippen LogP contribution in [0.5, 0.6) is 0 Å². The van der Waals surface area contributed by atoms with Gasteiger partial charge in [0.1, 0.15) is 0 Å². The van der Waals surface area contributed by atoms with E-state index in [0.717, 1.165) is 88.6 Å². The molecule has 0 unspecified atom stereocenters. The molecule has 0 aliphatic carbocycles. The summed E-state index contributed by atoms with van der Waals surface area (Å²) in [5.41, 5.74) is 14.3. The molecular weight excluding hydrogens is 1070 g/mol. The van der Waals surface area contributed by atoms with E-state index < -0.39 is 12.1 Å². The van der Waals surface area contributed by atoms with Crippen molar-refractivity contribution in [1.82, 2.24) is 19.9 Å². The van der Waals surface area contributed by atoms with Crippen molar-refractivity contribution in [1.29, 1.82) is 0 Å². The molecule has 0 spiro atoms. The van der Waals surface area contributed by atoms with Gasteiger partial charge < -0.3 is 0 Å². The molecule has 0 saturated carbocycles. The van der Waals surface area contributed by atoms with Gasteiger partial charge in [0.2, 0.25) is 0 Å². The smallest absolute Gasteiger partial charge is 0.0975 e. The molecule has 0 atom stereocenters. The lowest BCUT2D eigenvalue weighted by atomic mass is 9.97. The van der Waals surface area contributed by atoms with E-state index >= 15 is 0 Å². The summed E-state index contributed by atoms with van der Waals surface area (Å²) in [6.07, 6.45) is 0. The first-order valence-electron chi connectivity index (χ1n) is 27.4. The van der Waals surface area contributed by atoms with E-state index in [2.05, 4.69) is 257 Å². The Balaban J connectivity index is 0.000000154. The second-order valence-electron chi connectivity index (χ2n) is 20.4. The molecule has 0 aliphatic heterocycles. The van der Waals surface area contributed by atoms with E-state index in [9.17, 15) is 0 Å². The summed E-state index contributed by atoms with van der Waals surface area (Å²) in [6.45, 7) is 4.36. The van der Waals surface area contributed by atoms with Crippen LogP contribution >= 0.6 is 12.1 Å². The van der Waals surface area contributed by atoms with Crippen molar-refractivity contribution in [3.8, 4) is 45.0 Å². The van der Waals surface area contributed by atoms with Crippen LogP contribution in [0.25, 0.3) is 88.6 Å². The van der Waals surface area contributed by atoms with Gasteiger partial charge in [-0.1, -0.05) is 291 Å². The van der Waals surface area contributed by atoms with Crippen molar-refractivity contribution in [3.63, 3.8) is 0 Å². The second kappa shape index (κ2) is 22.6. The number of pyridine rings is 4. The molecule has 392 valence electrons. The Kier molecular flexibility index (Phi) is 14.5. The van der Waals surface area contributed by atoms with Crippen LogP contribution in [0.4, 0.5) is 0 Å². The van der Waals surface area contributed by atoms with Gasteiger partial charge in [-0.15, -0.1) is 0 Å². The lowest BCUT2D eigenvalue weighted by Gasteiger charge is -2.24. The Hall–Kier alpha value is -8.86. The highest BCUT2D eigenvalue weighted by Gasteiger charge is 2.26. The molecule has 0 fully saturated rings. The molecule has 0 amide bonds. The molecule has 0 radical (unpaired) electrons. The summed E-state index contributed by atoms with van der Waals surface area (Å²) < 4.78 is 0. The Labute approximate surface area is 489 Å². The average Bonchev–Trinajstić information content (AvgIpc) is 3.43. The zero-order valence-electron chi connectivity index (χ0n) is 45.2. The number of hydrogen-bond acceptors (Lipinski definition) is 6. The predicted octanol–water partition coefficient (Wildman–Crippen LogP) is 16.4. The summed E-state index contributed by atoms with van der Waals surface area (Å²) in [6, 6.07) is 97.1. The molecule has 0 saturated heterocycles. The molecule has 10 aromatic carbocycles. The van der Waals surface area contributed by atoms with Gasteiger partial charge in [-0.05, 0) is 81.1 Å². The van der Waals surface area contributed by atoms with Gasteiger partial charge in [-0.25, -0.2) is 19.9 Å². The summed E-state index contributed by atoms with van der Waals surface area (Å²) in [4.78, 5) is 20.6. The van der Waals surface area contributed by atoms with Crippen molar-refractivity contribution in [2.75, 3.05) is 0 Å². The second-order valence-corrected chi connectivity index (χ2v) is 29.2. The van der Waals surface area contributed by atoms with E-state index in [1.165, 1.54) is 43.0 Å². The fourth-order valence-corrected chi connectivity index (χ4v) is 18.5. The molecular formula is C74H54N4P2S2. The minimum absolute atomic E-state index is 0.913. The van der Waals surface area contributed by atoms with Gasteiger partial charge in [0.15, 0.2) is 0 Å². The Morgan fingerprint density at radius 2 is 0.463 bits per heavy atom. The molecule has 0 aliphatic rings. The number of aromatic nitrogens is 4. The molecule has 14 rings (SSSR count). The van der Waals surface area contributed by atoms with Crippen molar-refractivity contribution in [3.05, 3.63) is 302 Å².